The number of thioether (sulfide) groups is 2. The summed E-state index contributed by atoms with van der Waals surface area (Å²) in [6, 6.07) is 4.38. The van der Waals surface area contributed by atoms with Crippen molar-refractivity contribution in [3.63, 3.8) is 0 Å². The lowest BCUT2D eigenvalue weighted by molar-refractivity contribution is -0.118. The van der Waals surface area contributed by atoms with Crippen LogP contribution in [0.15, 0.2) is 18.2 Å². The van der Waals surface area contributed by atoms with Crippen molar-refractivity contribution in [3.05, 3.63) is 34.6 Å². The highest BCUT2D eigenvalue weighted by atomic mass is 35.5. The van der Waals surface area contributed by atoms with E-state index in [-0.39, 0.29) is 23.3 Å². The smallest absolute Gasteiger partial charge is 0.151 e. The van der Waals surface area contributed by atoms with Gasteiger partial charge in [-0.1, -0.05) is 18.5 Å². The number of hydrogen-bond acceptors (Lipinski definition) is 3. The van der Waals surface area contributed by atoms with E-state index in [9.17, 15) is 9.18 Å². The standard InChI is InChI=1S/C14H16ClFOS2/c1-2-13-14(19-6-5-18-13)12(17)8-9-7-10(15)3-4-11(9)16/h3-4,7,13-14H,2,5-6,8H2,1H3. The van der Waals surface area contributed by atoms with Gasteiger partial charge in [0.05, 0.1) is 5.25 Å². The van der Waals surface area contributed by atoms with Crippen molar-refractivity contribution in [2.75, 3.05) is 11.5 Å². The summed E-state index contributed by atoms with van der Waals surface area (Å²) < 4.78 is 13.7. The van der Waals surface area contributed by atoms with E-state index < -0.39 is 0 Å². The van der Waals surface area contributed by atoms with Gasteiger partial charge in [0.1, 0.15) is 5.82 Å². The molecule has 1 fully saturated rings. The molecule has 1 heterocycles. The SMILES string of the molecule is CCC1SCCSC1C(=O)Cc1cc(Cl)ccc1F. The highest BCUT2D eigenvalue weighted by Gasteiger charge is 2.31. The molecule has 1 aliphatic heterocycles. The van der Waals surface area contributed by atoms with Crippen LogP contribution < -0.4 is 0 Å². The van der Waals surface area contributed by atoms with Gasteiger partial charge in [0.15, 0.2) is 5.78 Å². The van der Waals surface area contributed by atoms with Crippen molar-refractivity contribution in [3.8, 4) is 0 Å². The summed E-state index contributed by atoms with van der Waals surface area (Å²) >= 11 is 9.42. The molecule has 2 rings (SSSR count). The first-order chi connectivity index (χ1) is 9.11. The number of ketones is 1. The molecule has 1 nitrogen and oxygen atoms in total. The Labute approximate surface area is 126 Å². The summed E-state index contributed by atoms with van der Waals surface area (Å²) in [7, 11) is 0. The van der Waals surface area contributed by atoms with E-state index in [4.69, 9.17) is 11.6 Å². The largest absolute Gasteiger partial charge is 0.298 e. The highest BCUT2D eigenvalue weighted by molar-refractivity contribution is 8.07. The maximum atomic E-state index is 13.7. The summed E-state index contributed by atoms with van der Waals surface area (Å²) in [5, 5.41) is 0.817. The van der Waals surface area contributed by atoms with Crippen LogP contribution in [0, 0.1) is 5.82 Å². The van der Waals surface area contributed by atoms with Crippen LogP contribution in [0.5, 0.6) is 0 Å². The summed E-state index contributed by atoms with van der Waals surface area (Å²) in [5.41, 5.74) is 0.406. The maximum Gasteiger partial charge on any atom is 0.151 e. The molecular weight excluding hydrogens is 303 g/mol. The fraction of sp³-hybridized carbons (Fsp3) is 0.500. The van der Waals surface area contributed by atoms with E-state index in [0.717, 1.165) is 17.9 Å². The Bertz CT molecular complexity index is 467. The van der Waals surface area contributed by atoms with Gasteiger partial charge in [-0.2, -0.15) is 11.8 Å². The van der Waals surface area contributed by atoms with Gasteiger partial charge in [-0.3, -0.25) is 4.79 Å². The van der Waals surface area contributed by atoms with Crippen molar-refractivity contribution < 1.29 is 9.18 Å². The Balaban J connectivity index is 2.09. The van der Waals surface area contributed by atoms with Crippen LogP contribution >= 0.6 is 35.1 Å². The molecular formula is C14H16ClFOS2. The third kappa shape index (κ3) is 3.89. The second-order valence-corrected chi connectivity index (χ2v) is 7.52. The molecule has 0 N–H and O–H groups in total. The molecule has 0 bridgehead atoms. The van der Waals surface area contributed by atoms with Gasteiger partial charge in [0, 0.05) is 28.2 Å². The lowest BCUT2D eigenvalue weighted by Crippen LogP contribution is -2.33. The molecule has 0 spiro atoms. The molecule has 1 aromatic carbocycles. The van der Waals surface area contributed by atoms with Gasteiger partial charge in [0.25, 0.3) is 0 Å². The van der Waals surface area contributed by atoms with Crippen LogP contribution in [0.1, 0.15) is 18.9 Å². The van der Waals surface area contributed by atoms with Crippen molar-refractivity contribution in [1.82, 2.24) is 0 Å². The first-order valence-electron chi connectivity index (χ1n) is 6.31. The highest BCUT2D eigenvalue weighted by Crippen LogP contribution is 2.34. The molecule has 0 aromatic heterocycles. The van der Waals surface area contributed by atoms with Crippen LogP contribution in [-0.2, 0) is 11.2 Å². The van der Waals surface area contributed by atoms with Gasteiger partial charge in [-0.05, 0) is 30.2 Å². The van der Waals surface area contributed by atoms with Gasteiger partial charge in [-0.15, -0.1) is 11.8 Å². The van der Waals surface area contributed by atoms with Crippen LogP contribution in [0.2, 0.25) is 5.02 Å². The number of rotatable bonds is 4. The summed E-state index contributed by atoms with van der Waals surface area (Å²) in [5.74, 6) is 1.86. The number of halogens is 2. The van der Waals surface area contributed by atoms with E-state index in [1.165, 1.54) is 12.1 Å². The number of benzene rings is 1. The number of hydrogen-bond donors (Lipinski definition) is 0. The monoisotopic (exact) mass is 318 g/mol. The fourth-order valence-corrected chi connectivity index (χ4v) is 5.40. The molecule has 0 radical (unpaired) electrons. The third-order valence-corrected chi connectivity index (χ3v) is 6.67. The number of carbonyl (C=O) groups is 1. The molecule has 104 valence electrons. The summed E-state index contributed by atoms with van der Waals surface area (Å²) in [6.45, 7) is 2.10. The van der Waals surface area contributed by atoms with E-state index in [1.807, 2.05) is 11.8 Å². The van der Waals surface area contributed by atoms with Crippen molar-refractivity contribution in [1.29, 1.82) is 0 Å². The lowest BCUT2D eigenvalue weighted by atomic mass is 10.0. The molecule has 2 atom stereocenters. The summed E-state index contributed by atoms with van der Waals surface area (Å²) in [4.78, 5) is 12.4. The Morgan fingerprint density at radius 3 is 2.89 bits per heavy atom. The van der Waals surface area contributed by atoms with Crippen LogP contribution in [0.25, 0.3) is 0 Å². The third-order valence-electron chi connectivity index (χ3n) is 3.14. The molecule has 0 amide bonds. The Morgan fingerprint density at radius 1 is 1.42 bits per heavy atom. The predicted molar refractivity (Wildman–Crippen MR) is 82.9 cm³/mol. The van der Waals surface area contributed by atoms with Gasteiger partial charge in [-0.25, -0.2) is 4.39 Å². The van der Waals surface area contributed by atoms with Crippen molar-refractivity contribution in [2.24, 2.45) is 0 Å². The normalized spacial score (nSPS) is 23.3. The molecule has 0 saturated carbocycles. The number of Topliss-reactive ketones (excluding diaryl/α,β-unsaturated/α-hetero) is 1. The van der Waals surface area contributed by atoms with E-state index >= 15 is 0 Å². The summed E-state index contributed by atoms with van der Waals surface area (Å²) in [6.07, 6.45) is 1.12. The quantitative estimate of drug-likeness (QED) is 0.827. The second-order valence-electron chi connectivity index (χ2n) is 4.49. The van der Waals surface area contributed by atoms with Gasteiger partial charge >= 0.3 is 0 Å². The van der Waals surface area contributed by atoms with E-state index in [2.05, 4.69) is 6.92 Å². The molecule has 1 saturated heterocycles. The van der Waals surface area contributed by atoms with Crippen molar-refractivity contribution in [2.45, 2.75) is 30.3 Å². The second kappa shape index (κ2) is 7.00. The minimum atomic E-state index is -0.348. The topological polar surface area (TPSA) is 17.1 Å². The Kier molecular flexibility index (Phi) is 5.60. The molecule has 2 unspecified atom stereocenters. The average molecular weight is 319 g/mol. The van der Waals surface area contributed by atoms with E-state index in [1.54, 1.807) is 17.8 Å². The Hall–Kier alpha value is -0.190. The molecule has 0 aliphatic carbocycles. The molecule has 1 aliphatic rings. The zero-order valence-electron chi connectivity index (χ0n) is 10.7. The lowest BCUT2D eigenvalue weighted by Gasteiger charge is -2.28. The first-order valence-corrected chi connectivity index (χ1v) is 8.79. The molecule has 1 aromatic rings. The maximum absolute atomic E-state index is 13.7. The minimum Gasteiger partial charge on any atom is -0.298 e. The van der Waals surface area contributed by atoms with Crippen LogP contribution in [0.4, 0.5) is 4.39 Å². The van der Waals surface area contributed by atoms with Gasteiger partial charge < -0.3 is 0 Å². The minimum absolute atomic E-state index is 0.0119. The zero-order chi connectivity index (χ0) is 13.8. The fourth-order valence-electron chi connectivity index (χ4n) is 2.17. The van der Waals surface area contributed by atoms with E-state index in [0.29, 0.717) is 15.8 Å². The molecule has 5 heteroatoms. The molecule has 19 heavy (non-hydrogen) atoms. The van der Waals surface area contributed by atoms with Crippen molar-refractivity contribution >= 4 is 40.9 Å². The van der Waals surface area contributed by atoms with Crippen LogP contribution in [0.3, 0.4) is 0 Å². The zero-order valence-corrected chi connectivity index (χ0v) is 13.1. The predicted octanol–water partition coefficient (Wildman–Crippen LogP) is 4.22. The number of carbonyl (C=O) groups excluding carboxylic acids is 1. The first kappa shape index (κ1) is 15.2. The van der Waals surface area contributed by atoms with Gasteiger partial charge in [0.2, 0.25) is 0 Å². The Morgan fingerprint density at radius 2 is 2.16 bits per heavy atom. The average Bonchev–Trinajstić information content (AvgIpc) is 2.42. The van der Waals surface area contributed by atoms with Crippen LogP contribution in [-0.4, -0.2) is 27.8 Å².